The molecule has 9 heteroatoms. The van der Waals surface area contributed by atoms with Crippen LogP contribution < -0.4 is 4.74 Å². The summed E-state index contributed by atoms with van der Waals surface area (Å²) in [4.78, 5) is 14.1. The van der Waals surface area contributed by atoms with Crippen molar-refractivity contribution in [1.82, 2.24) is 4.98 Å². The molecule has 0 aliphatic rings. The van der Waals surface area contributed by atoms with E-state index in [0.717, 1.165) is 18.5 Å². The topological polar surface area (TPSA) is 59.4 Å². The first-order valence-electron chi connectivity index (χ1n) is 5.20. The summed E-state index contributed by atoms with van der Waals surface area (Å²) in [6.45, 7) is 0. The highest BCUT2D eigenvalue weighted by atomic mass is 19.2. The SMILES string of the molecule is O=C(O)c1cncc(Oc2c(F)c(F)c(F)c(F)c2F)c1. The van der Waals surface area contributed by atoms with Gasteiger partial charge in [0.1, 0.15) is 5.75 Å². The number of pyridine rings is 1. The summed E-state index contributed by atoms with van der Waals surface area (Å²) in [6, 6.07) is 0.813. The largest absolute Gasteiger partial charge is 0.478 e. The van der Waals surface area contributed by atoms with Gasteiger partial charge in [-0.2, -0.15) is 8.78 Å². The number of aromatic carboxylic acids is 1. The Kier molecular flexibility index (Phi) is 3.74. The fourth-order valence-electron chi connectivity index (χ4n) is 1.38. The number of rotatable bonds is 3. The highest BCUT2D eigenvalue weighted by Gasteiger charge is 2.27. The van der Waals surface area contributed by atoms with E-state index in [0.29, 0.717) is 0 Å². The van der Waals surface area contributed by atoms with Crippen molar-refractivity contribution in [1.29, 1.82) is 0 Å². The standard InChI is InChI=1S/C12H4F5NO3/c13-6-7(14)9(16)11(10(17)8(6)15)21-5-1-4(12(19)20)2-18-3-5/h1-3H,(H,19,20). The number of ether oxygens (including phenoxy) is 1. The molecule has 1 N–H and O–H groups in total. The monoisotopic (exact) mass is 305 g/mol. The van der Waals surface area contributed by atoms with Crippen molar-refractivity contribution in [2.24, 2.45) is 0 Å². The summed E-state index contributed by atoms with van der Waals surface area (Å²) < 4.78 is 70.0. The average molecular weight is 305 g/mol. The molecule has 0 amide bonds. The number of carboxylic acids is 1. The third-order valence-corrected chi connectivity index (χ3v) is 2.35. The second-order valence-corrected chi connectivity index (χ2v) is 3.72. The lowest BCUT2D eigenvalue weighted by atomic mass is 10.2. The van der Waals surface area contributed by atoms with E-state index in [2.05, 4.69) is 9.72 Å². The average Bonchev–Trinajstić information content (AvgIpc) is 2.48. The number of benzene rings is 1. The van der Waals surface area contributed by atoms with Gasteiger partial charge in [-0.3, -0.25) is 4.98 Å². The van der Waals surface area contributed by atoms with E-state index in [1.165, 1.54) is 0 Å². The van der Waals surface area contributed by atoms with Gasteiger partial charge in [0.05, 0.1) is 11.8 Å². The number of carboxylic acid groups (broad SMARTS) is 1. The minimum atomic E-state index is -2.32. The molecule has 21 heavy (non-hydrogen) atoms. The lowest BCUT2D eigenvalue weighted by Gasteiger charge is -2.09. The first-order chi connectivity index (χ1) is 9.82. The molecule has 2 aromatic rings. The van der Waals surface area contributed by atoms with Crippen LogP contribution in [0.15, 0.2) is 18.5 Å². The Bertz CT molecular complexity index is 706. The second kappa shape index (κ2) is 5.35. The molecule has 0 spiro atoms. The lowest BCUT2D eigenvalue weighted by Crippen LogP contribution is -2.05. The third kappa shape index (κ3) is 2.62. The number of aromatic nitrogens is 1. The van der Waals surface area contributed by atoms with Gasteiger partial charge >= 0.3 is 5.97 Å². The molecule has 0 saturated carbocycles. The van der Waals surface area contributed by atoms with Gasteiger partial charge < -0.3 is 9.84 Å². The van der Waals surface area contributed by atoms with Gasteiger partial charge in [0, 0.05) is 6.20 Å². The van der Waals surface area contributed by atoms with Gasteiger partial charge in [-0.15, -0.1) is 0 Å². The summed E-state index contributed by atoms with van der Waals surface area (Å²) in [7, 11) is 0. The van der Waals surface area contributed by atoms with Crippen molar-refractivity contribution >= 4 is 5.97 Å². The molecular weight excluding hydrogens is 301 g/mol. The Hall–Kier alpha value is -2.71. The molecule has 1 aromatic carbocycles. The maximum absolute atomic E-state index is 13.4. The molecule has 0 aliphatic heterocycles. The fourth-order valence-corrected chi connectivity index (χ4v) is 1.38. The Morgan fingerprint density at radius 1 is 0.952 bits per heavy atom. The minimum Gasteiger partial charge on any atom is -0.478 e. The van der Waals surface area contributed by atoms with Crippen molar-refractivity contribution in [2.75, 3.05) is 0 Å². The zero-order chi connectivity index (χ0) is 15.7. The lowest BCUT2D eigenvalue weighted by molar-refractivity contribution is 0.0696. The van der Waals surface area contributed by atoms with Crippen molar-refractivity contribution in [2.45, 2.75) is 0 Å². The zero-order valence-corrected chi connectivity index (χ0v) is 9.83. The highest BCUT2D eigenvalue weighted by molar-refractivity contribution is 5.87. The van der Waals surface area contributed by atoms with Gasteiger partial charge in [0.2, 0.25) is 34.8 Å². The van der Waals surface area contributed by atoms with E-state index in [4.69, 9.17) is 5.11 Å². The highest BCUT2D eigenvalue weighted by Crippen LogP contribution is 2.32. The van der Waals surface area contributed by atoms with Crippen LogP contribution >= 0.6 is 0 Å². The van der Waals surface area contributed by atoms with Crippen molar-refractivity contribution in [3.63, 3.8) is 0 Å². The smallest absolute Gasteiger partial charge is 0.337 e. The second-order valence-electron chi connectivity index (χ2n) is 3.72. The molecule has 110 valence electrons. The Morgan fingerprint density at radius 3 is 2.00 bits per heavy atom. The molecule has 0 saturated heterocycles. The fraction of sp³-hybridized carbons (Fsp3) is 0. The Balaban J connectivity index is 2.50. The van der Waals surface area contributed by atoms with Crippen molar-refractivity contribution < 1.29 is 36.6 Å². The van der Waals surface area contributed by atoms with Crippen LogP contribution in [0.25, 0.3) is 0 Å². The summed E-state index contributed by atoms with van der Waals surface area (Å²) in [5.41, 5.74) is -0.392. The quantitative estimate of drug-likeness (QED) is 0.537. The van der Waals surface area contributed by atoms with E-state index in [-0.39, 0.29) is 0 Å². The molecule has 0 radical (unpaired) electrons. The first-order valence-corrected chi connectivity index (χ1v) is 5.20. The Morgan fingerprint density at radius 2 is 1.48 bits per heavy atom. The molecule has 0 aliphatic carbocycles. The molecular formula is C12H4F5NO3. The van der Waals surface area contributed by atoms with Gasteiger partial charge in [-0.05, 0) is 6.07 Å². The summed E-state index contributed by atoms with van der Waals surface area (Å²) in [6.07, 6.45) is 1.76. The van der Waals surface area contributed by atoms with Gasteiger partial charge in [0.25, 0.3) is 0 Å². The predicted molar refractivity (Wildman–Crippen MR) is 57.5 cm³/mol. The maximum atomic E-state index is 13.4. The van der Waals surface area contributed by atoms with E-state index >= 15 is 0 Å². The van der Waals surface area contributed by atoms with Crippen LogP contribution in [-0.4, -0.2) is 16.1 Å². The van der Waals surface area contributed by atoms with Crippen LogP contribution in [0, 0.1) is 29.1 Å². The predicted octanol–water partition coefficient (Wildman–Crippen LogP) is 3.27. The molecule has 0 unspecified atom stereocenters. The number of hydrogen-bond donors (Lipinski definition) is 1. The number of nitrogens with zero attached hydrogens (tertiary/aromatic N) is 1. The van der Waals surface area contributed by atoms with Crippen LogP contribution in [0.4, 0.5) is 22.0 Å². The molecule has 4 nitrogen and oxygen atoms in total. The molecule has 0 fully saturated rings. The molecule has 1 aromatic heterocycles. The number of halogens is 5. The van der Waals surface area contributed by atoms with Crippen LogP contribution in [0.2, 0.25) is 0 Å². The van der Waals surface area contributed by atoms with Gasteiger partial charge in [0.15, 0.2) is 0 Å². The Labute approximate surface area is 113 Å². The molecule has 2 rings (SSSR count). The van der Waals surface area contributed by atoms with Crippen LogP contribution in [0.1, 0.15) is 10.4 Å². The summed E-state index contributed by atoms with van der Waals surface area (Å²) in [5, 5.41) is 8.70. The summed E-state index contributed by atoms with van der Waals surface area (Å²) >= 11 is 0. The van der Waals surface area contributed by atoms with Gasteiger partial charge in [-0.25, -0.2) is 18.0 Å². The third-order valence-electron chi connectivity index (χ3n) is 2.35. The molecule has 0 bridgehead atoms. The van der Waals surface area contributed by atoms with E-state index in [1.54, 1.807) is 0 Å². The number of carbonyl (C=O) groups is 1. The van der Waals surface area contributed by atoms with E-state index in [9.17, 15) is 26.7 Å². The van der Waals surface area contributed by atoms with E-state index in [1.807, 2.05) is 0 Å². The van der Waals surface area contributed by atoms with Gasteiger partial charge in [-0.1, -0.05) is 0 Å². The van der Waals surface area contributed by atoms with Crippen LogP contribution in [0.3, 0.4) is 0 Å². The molecule has 1 heterocycles. The normalized spacial score (nSPS) is 10.5. The van der Waals surface area contributed by atoms with E-state index < -0.39 is 52.1 Å². The van der Waals surface area contributed by atoms with Crippen molar-refractivity contribution in [3.8, 4) is 11.5 Å². The maximum Gasteiger partial charge on any atom is 0.337 e. The minimum absolute atomic E-state index is 0.392. The number of hydrogen-bond acceptors (Lipinski definition) is 3. The zero-order valence-electron chi connectivity index (χ0n) is 9.83. The van der Waals surface area contributed by atoms with Crippen LogP contribution in [-0.2, 0) is 0 Å². The summed E-state index contributed by atoms with van der Waals surface area (Å²) in [5.74, 6) is -14.5. The molecule has 0 atom stereocenters. The van der Waals surface area contributed by atoms with Crippen LogP contribution in [0.5, 0.6) is 11.5 Å². The first kappa shape index (κ1) is 14.7. The van der Waals surface area contributed by atoms with Crippen molar-refractivity contribution in [3.05, 3.63) is 53.1 Å².